The van der Waals surface area contributed by atoms with Gasteiger partial charge < -0.3 is 34.4 Å². The Balaban J connectivity index is 1.12. The molecule has 0 aliphatic carbocycles. The van der Waals surface area contributed by atoms with Crippen molar-refractivity contribution in [2.75, 3.05) is 18.5 Å². The molecule has 4 atom stereocenters. The molecule has 0 amide bonds. The van der Waals surface area contributed by atoms with E-state index in [4.69, 9.17) is 30.5 Å². The minimum absolute atomic E-state index is 0.0609. The minimum atomic E-state index is -0.775. The molecular formula is C24H23ClF2N6O5. The molecule has 0 spiro atoms. The van der Waals surface area contributed by atoms with Gasteiger partial charge in [-0.25, -0.2) is 13.8 Å². The fourth-order valence-electron chi connectivity index (χ4n) is 4.48. The Labute approximate surface area is 219 Å². The molecule has 14 heteroatoms. The third-order valence-corrected chi connectivity index (χ3v) is 6.65. The van der Waals surface area contributed by atoms with Crippen molar-refractivity contribution < 1.29 is 32.8 Å². The number of aromatic nitrogens is 5. The van der Waals surface area contributed by atoms with E-state index >= 15 is 0 Å². The number of aryl methyl sites for hydroxylation is 1. The predicted octanol–water partition coefficient (Wildman–Crippen LogP) is 2.72. The number of pyridine rings is 1. The third-order valence-electron chi connectivity index (χ3n) is 6.36. The van der Waals surface area contributed by atoms with Crippen LogP contribution in [0.4, 0.5) is 14.6 Å². The van der Waals surface area contributed by atoms with Gasteiger partial charge in [-0.2, -0.15) is 10.1 Å². The molecule has 5 heterocycles. The second kappa shape index (κ2) is 9.98. The summed E-state index contributed by atoms with van der Waals surface area (Å²) in [5.41, 5.74) is 1.37. The molecule has 6 rings (SSSR count). The van der Waals surface area contributed by atoms with Crippen molar-refractivity contribution >= 4 is 28.6 Å². The van der Waals surface area contributed by atoms with Crippen LogP contribution < -0.4 is 14.8 Å². The Hall–Kier alpha value is -3.52. The largest absolute Gasteiger partial charge is 0.489 e. The number of nitrogens with one attached hydrogen (secondary N) is 2. The molecular weight excluding hydrogens is 526 g/mol. The third kappa shape index (κ3) is 4.85. The molecule has 0 saturated carbocycles. The number of H-pyrrole nitrogens is 1. The van der Waals surface area contributed by atoms with Crippen molar-refractivity contribution in [3.8, 4) is 11.8 Å². The zero-order valence-corrected chi connectivity index (χ0v) is 20.8. The van der Waals surface area contributed by atoms with Gasteiger partial charge in [-0.15, -0.1) is 0 Å². The molecule has 2 aliphatic rings. The van der Waals surface area contributed by atoms with E-state index in [-0.39, 0.29) is 60.2 Å². The van der Waals surface area contributed by atoms with Crippen LogP contribution >= 0.6 is 11.6 Å². The molecule has 4 aromatic rings. The summed E-state index contributed by atoms with van der Waals surface area (Å²) in [5, 5.41) is 17.0. The number of halogens is 3. The van der Waals surface area contributed by atoms with Crippen LogP contribution in [0.5, 0.6) is 11.8 Å². The van der Waals surface area contributed by atoms with E-state index in [1.165, 1.54) is 0 Å². The Morgan fingerprint density at radius 1 is 1.18 bits per heavy atom. The number of aromatic amines is 1. The molecule has 3 N–H and O–H groups in total. The summed E-state index contributed by atoms with van der Waals surface area (Å²) < 4.78 is 53.5. The van der Waals surface area contributed by atoms with E-state index in [1.54, 1.807) is 30.2 Å². The van der Waals surface area contributed by atoms with Gasteiger partial charge in [-0.1, -0.05) is 11.6 Å². The quantitative estimate of drug-likeness (QED) is 0.304. The summed E-state index contributed by atoms with van der Waals surface area (Å²) in [6.07, 6.45) is 1.39. The zero-order chi connectivity index (χ0) is 26.4. The first kappa shape index (κ1) is 24.8. The average molecular weight is 549 g/mol. The molecule has 2 saturated heterocycles. The van der Waals surface area contributed by atoms with Gasteiger partial charge in [0.05, 0.1) is 29.9 Å². The lowest BCUT2D eigenvalue weighted by Gasteiger charge is -2.15. The maximum Gasteiger partial charge on any atom is 0.296 e. The molecule has 0 unspecified atom stereocenters. The number of anilines is 1. The molecule has 11 nitrogen and oxygen atoms in total. The number of imidazole rings is 1. The number of nitrogens with zero attached hydrogens (tertiary/aromatic N) is 4. The Morgan fingerprint density at radius 3 is 2.74 bits per heavy atom. The predicted molar refractivity (Wildman–Crippen MR) is 130 cm³/mol. The van der Waals surface area contributed by atoms with Gasteiger partial charge in [-0.3, -0.25) is 4.68 Å². The van der Waals surface area contributed by atoms with Gasteiger partial charge in [-0.05, 0) is 6.07 Å². The number of fused-ring (bicyclic) bond motifs is 2. The fourth-order valence-corrected chi connectivity index (χ4v) is 4.70. The molecule has 0 bridgehead atoms. The summed E-state index contributed by atoms with van der Waals surface area (Å²) in [6.45, 7) is 0.344. The van der Waals surface area contributed by atoms with Gasteiger partial charge in [0.2, 0.25) is 0 Å². The van der Waals surface area contributed by atoms with Gasteiger partial charge in [0.1, 0.15) is 48.1 Å². The smallest absolute Gasteiger partial charge is 0.296 e. The van der Waals surface area contributed by atoms with Crippen molar-refractivity contribution in [1.82, 2.24) is 24.7 Å². The van der Waals surface area contributed by atoms with Crippen LogP contribution in [0.15, 0.2) is 30.6 Å². The van der Waals surface area contributed by atoms with Crippen molar-refractivity contribution in [3.63, 3.8) is 0 Å². The highest BCUT2D eigenvalue weighted by molar-refractivity contribution is 6.33. The van der Waals surface area contributed by atoms with Crippen LogP contribution in [0, 0.1) is 11.6 Å². The molecule has 2 fully saturated rings. The lowest BCUT2D eigenvalue weighted by Crippen LogP contribution is -2.34. The minimum Gasteiger partial charge on any atom is -0.489 e. The van der Waals surface area contributed by atoms with Crippen LogP contribution in [-0.2, 0) is 29.7 Å². The number of aliphatic hydroxyl groups is 1. The summed E-state index contributed by atoms with van der Waals surface area (Å²) in [4.78, 5) is 11.7. The first-order valence-electron chi connectivity index (χ1n) is 11.8. The van der Waals surface area contributed by atoms with Crippen LogP contribution in [0.2, 0.25) is 5.02 Å². The molecule has 3 aromatic heterocycles. The fraction of sp³-hybridized carbons (Fsp3) is 0.375. The standard InChI is InChI=1S/C24H23ClF2N6O5/c1-33-7-11(5-29-33)8-35-12-2-15(26)13(16(27)3-12)6-28-22-14(25)4-17-23(31-22)32-24(30-17)38-19-10-37-20-18(34)9-36-21(19)20/h2-5,7,18-21,34H,6,8-10H2,1H3,(H2,28,30,31,32)/t18-,19-,20-,21-/m1/s1. The topological polar surface area (TPSA) is 129 Å². The number of ether oxygens (including phenoxy) is 4. The van der Waals surface area contributed by atoms with Crippen LogP contribution in [0.3, 0.4) is 0 Å². The highest BCUT2D eigenvalue weighted by atomic mass is 35.5. The summed E-state index contributed by atoms with van der Waals surface area (Å²) in [5.74, 6) is -1.30. The lowest BCUT2D eigenvalue weighted by atomic mass is 10.1. The Morgan fingerprint density at radius 2 is 1.97 bits per heavy atom. The van der Waals surface area contributed by atoms with Crippen molar-refractivity contribution in [1.29, 1.82) is 0 Å². The molecule has 2 aliphatic heterocycles. The van der Waals surface area contributed by atoms with Crippen molar-refractivity contribution in [2.24, 2.45) is 7.05 Å². The second-order valence-corrected chi connectivity index (χ2v) is 9.49. The van der Waals surface area contributed by atoms with E-state index in [9.17, 15) is 13.9 Å². The van der Waals surface area contributed by atoms with Crippen LogP contribution in [0.25, 0.3) is 11.2 Å². The summed E-state index contributed by atoms with van der Waals surface area (Å²) >= 11 is 6.35. The van der Waals surface area contributed by atoms with E-state index in [1.807, 2.05) is 0 Å². The maximum atomic E-state index is 14.7. The average Bonchev–Trinajstić information content (AvgIpc) is 3.64. The van der Waals surface area contributed by atoms with Gasteiger partial charge in [0, 0.05) is 43.0 Å². The van der Waals surface area contributed by atoms with Crippen LogP contribution in [-0.4, -0.2) is 67.5 Å². The number of benzene rings is 1. The Bertz CT molecular complexity index is 1460. The van der Waals surface area contributed by atoms with Crippen molar-refractivity contribution in [3.05, 3.63) is 58.4 Å². The van der Waals surface area contributed by atoms with Gasteiger partial charge in [0.25, 0.3) is 6.01 Å². The summed E-state index contributed by atoms with van der Waals surface area (Å²) in [7, 11) is 1.76. The molecule has 0 radical (unpaired) electrons. The van der Waals surface area contributed by atoms with E-state index in [0.717, 1.165) is 17.7 Å². The van der Waals surface area contributed by atoms with E-state index in [2.05, 4.69) is 25.4 Å². The van der Waals surface area contributed by atoms with E-state index in [0.29, 0.717) is 5.52 Å². The van der Waals surface area contributed by atoms with Crippen molar-refractivity contribution in [2.45, 2.75) is 37.6 Å². The van der Waals surface area contributed by atoms with Crippen LogP contribution in [0.1, 0.15) is 11.1 Å². The zero-order valence-electron chi connectivity index (χ0n) is 20.0. The number of hydrogen-bond donors (Lipinski definition) is 3. The number of aliphatic hydroxyl groups excluding tert-OH is 1. The number of rotatable bonds is 8. The highest BCUT2D eigenvalue weighted by Crippen LogP contribution is 2.31. The summed E-state index contributed by atoms with van der Waals surface area (Å²) in [6, 6.07) is 4.00. The monoisotopic (exact) mass is 548 g/mol. The first-order valence-corrected chi connectivity index (χ1v) is 12.2. The normalized spacial score (nSPS) is 22.7. The van der Waals surface area contributed by atoms with Gasteiger partial charge in [0.15, 0.2) is 11.8 Å². The lowest BCUT2D eigenvalue weighted by molar-refractivity contribution is 0.00706. The molecule has 200 valence electrons. The maximum absolute atomic E-state index is 14.7. The second-order valence-electron chi connectivity index (χ2n) is 9.08. The van der Waals surface area contributed by atoms with E-state index < -0.39 is 36.1 Å². The Kier molecular flexibility index (Phi) is 6.51. The van der Waals surface area contributed by atoms with Gasteiger partial charge >= 0.3 is 0 Å². The molecule has 38 heavy (non-hydrogen) atoms. The number of hydrogen-bond acceptors (Lipinski definition) is 9. The first-order chi connectivity index (χ1) is 18.3. The SMILES string of the molecule is Cn1cc(COc2cc(F)c(CNc3nc4nc(O[C@@H]5CO[C@H]6[C@@H]5OC[C@H]6O)[nH]c4cc3Cl)c(F)c2)cn1. The highest BCUT2D eigenvalue weighted by Gasteiger charge is 2.48. The molecule has 1 aromatic carbocycles.